The van der Waals surface area contributed by atoms with E-state index in [2.05, 4.69) is 24.2 Å². The number of oxime groups is 1. The molecule has 0 radical (unpaired) electrons. The molecule has 1 rings (SSSR count). The molecular formula is C11H15NO. The molecule has 0 amide bonds. The van der Waals surface area contributed by atoms with E-state index in [1.165, 1.54) is 5.56 Å². The summed E-state index contributed by atoms with van der Waals surface area (Å²) in [4.78, 5) is 0. The Balaban J connectivity index is 2.91. The predicted molar refractivity (Wildman–Crippen MR) is 54.4 cm³/mol. The van der Waals surface area contributed by atoms with Gasteiger partial charge in [-0.15, -0.1) is 0 Å². The molecule has 2 nitrogen and oxygen atoms in total. The van der Waals surface area contributed by atoms with Crippen molar-refractivity contribution < 1.29 is 5.21 Å². The molecule has 1 N–H and O–H groups in total. The summed E-state index contributed by atoms with van der Waals surface area (Å²) in [6, 6.07) is 8.11. The van der Waals surface area contributed by atoms with Crippen LogP contribution in [-0.4, -0.2) is 10.9 Å². The predicted octanol–water partition coefficient (Wildman–Crippen LogP) is 2.84. The van der Waals surface area contributed by atoms with Crippen molar-refractivity contribution >= 4 is 5.71 Å². The van der Waals surface area contributed by atoms with Crippen LogP contribution in [0.3, 0.4) is 0 Å². The third-order valence-electron chi connectivity index (χ3n) is 2.03. The lowest BCUT2D eigenvalue weighted by Crippen LogP contribution is -1.95. The molecule has 0 fully saturated rings. The van der Waals surface area contributed by atoms with Crippen molar-refractivity contribution in [3.63, 3.8) is 0 Å². The monoisotopic (exact) mass is 177 g/mol. The first-order valence-corrected chi connectivity index (χ1v) is 4.56. The van der Waals surface area contributed by atoms with Gasteiger partial charge in [0, 0.05) is 0 Å². The van der Waals surface area contributed by atoms with Gasteiger partial charge in [-0.2, -0.15) is 0 Å². The van der Waals surface area contributed by atoms with E-state index in [1.54, 1.807) is 6.92 Å². The number of benzene rings is 1. The molecule has 2 heteroatoms. The van der Waals surface area contributed by atoms with Crippen molar-refractivity contribution in [3.05, 3.63) is 35.4 Å². The lowest BCUT2D eigenvalue weighted by molar-refractivity contribution is 0.319. The molecule has 0 aliphatic rings. The average molecular weight is 177 g/mol. The Bertz CT molecular complexity index is 305. The Hall–Kier alpha value is -1.31. The first-order chi connectivity index (χ1) is 6.27. The fourth-order valence-corrected chi connectivity index (χ4v) is 1.30. The number of hydrogen-bond acceptors (Lipinski definition) is 2. The highest BCUT2D eigenvalue weighted by molar-refractivity contribution is 5.98. The second kappa shape index (κ2) is 4.65. The zero-order chi connectivity index (χ0) is 9.68. The maximum absolute atomic E-state index is 8.60. The number of hydrogen-bond donors (Lipinski definition) is 1. The normalized spacial score (nSPS) is 11.7. The summed E-state index contributed by atoms with van der Waals surface area (Å²) < 4.78 is 0. The second-order valence-corrected chi connectivity index (χ2v) is 3.14. The molecule has 0 unspecified atom stereocenters. The van der Waals surface area contributed by atoms with Crippen molar-refractivity contribution in [1.82, 2.24) is 0 Å². The number of rotatable bonds is 3. The van der Waals surface area contributed by atoms with E-state index in [0.29, 0.717) is 5.71 Å². The van der Waals surface area contributed by atoms with Gasteiger partial charge in [0.15, 0.2) is 0 Å². The first kappa shape index (κ1) is 9.78. The summed E-state index contributed by atoms with van der Waals surface area (Å²) in [7, 11) is 0. The fourth-order valence-electron chi connectivity index (χ4n) is 1.30. The summed E-state index contributed by atoms with van der Waals surface area (Å²) >= 11 is 0. The van der Waals surface area contributed by atoms with Crippen LogP contribution in [0.2, 0.25) is 0 Å². The van der Waals surface area contributed by atoms with Crippen molar-refractivity contribution in [2.75, 3.05) is 0 Å². The van der Waals surface area contributed by atoms with Crippen LogP contribution in [-0.2, 0) is 6.42 Å². The van der Waals surface area contributed by atoms with Crippen LogP contribution < -0.4 is 0 Å². The Morgan fingerprint density at radius 2 is 2.23 bits per heavy atom. The van der Waals surface area contributed by atoms with Crippen molar-refractivity contribution in [2.24, 2.45) is 5.16 Å². The maximum atomic E-state index is 8.60. The van der Waals surface area contributed by atoms with Gasteiger partial charge < -0.3 is 5.21 Å². The summed E-state index contributed by atoms with van der Waals surface area (Å²) in [6.45, 7) is 3.95. The molecule has 0 saturated heterocycles. The van der Waals surface area contributed by atoms with Crippen LogP contribution in [0.25, 0.3) is 0 Å². The zero-order valence-corrected chi connectivity index (χ0v) is 8.12. The van der Waals surface area contributed by atoms with Gasteiger partial charge in [-0.25, -0.2) is 0 Å². The van der Waals surface area contributed by atoms with E-state index in [-0.39, 0.29) is 0 Å². The molecule has 1 aromatic carbocycles. The van der Waals surface area contributed by atoms with Gasteiger partial charge in [0.1, 0.15) is 0 Å². The van der Waals surface area contributed by atoms with Crippen LogP contribution >= 0.6 is 0 Å². The second-order valence-electron chi connectivity index (χ2n) is 3.14. The van der Waals surface area contributed by atoms with Crippen molar-refractivity contribution in [3.8, 4) is 0 Å². The molecule has 0 aromatic heterocycles. The van der Waals surface area contributed by atoms with Gasteiger partial charge in [0.05, 0.1) is 5.71 Å². The van der Waals surface area contributed by atoms with Gasteiger partial charge in [-0.05, 0) is 30.5 Å². The number of nitrogens with zero attached hydrogens (tertiary/aromatic N) is 1. The first-order valence-electron chi connectivity index (χ1n) is 4.56. The van der Waals surface area contributed by atoms with Crippen LogP contribution in [0, 0.1) is 0 Å². The summed E-state index contributed by atoms with van der Waals surface area (Å²) in [5, 5.41) is 11.8. The minimum absolute atomic E-state index is 0.665. The van der Waals surface area contributed by atoms with Gasteiger partial charge in [-0.1, -0.05) is 36.7 Å². The largest absolute Gasteiger partial charge is 0.411 e. The standard InChI is InChI=1S/C11H15NO/c1-3-5-10-6-4-7-11(8-10)9(2)12-13/h4,6-8,13H,3,5H2,1-2H3/b12-9+. The summed E-state index contributed by atoms with van der Waals surface area (Å²) in [6.07, 6.45) is 2.21. The zero-order valence-electron chi connectivity index (χ0n) is 8.12. The van der Waals surface area contributed by atoms with E-state index in [0.717, 1.165) is 18.4 Å². The minimum Gasteiger partial charge on any atom is -0.411 e. The summed E-state index contributed by atoms with van der Waals surface area (Å²) in [5.41, 5.74) is 2.95. The SMILES string of the molecule is CCCc1cccc(/C(C)=N/O)c1. The highest BCUT2D eigenvalue weighted by Gasteiger charge is 1.98. The molecule has 70 valence electrons. The fraction of sp³-hybridized carbons (Fsp3) is 0.364. The maximum Gasteiger partial charge on any atom is 0.0837 e. The molecular weight excluding hydrogens is 162 g/mol. The quantitative estimate of drug-likeness (QED) is 0.430. The van der Waals surface area contributed by atoms with E-state index < -0.39 is 0 Å². The van der Waals surface area contributed by atoms with Crippen LogP contribution in [0.1, 0.15) is 31.4 Å². The number of aryl methyl sites for hydroxylation is 1. The highest BCUT2D eigenvalue weighted by atomic mass is 16.4. The molecule has 0 heterocycles. The van der Waals surface area contributed by atoms with Crippen molar-refractivity contribution in [1.29, 1.82) is 0 Å². The Kier molecular flexibility index (Phi) is 3.50. The third-order valence-corrected chi connectivity index (χ3v) is 2.03. The van der Waals surface area contributed by atoms with Crippen molar-refractivity contribution in [2.45, 2.75) is 26.7 Å². The van der Waals surface area contributed by atoms with E-state index in [1.807, 2.05) is 12.1 Å². The van der Waals surface area contributed by atoms with Crippen LogP contribution in [0.4, 0.5) is 0 Å². The molecule has 13 heavy (non-hydrogen) atoms. The Labute approximate surface area is 78.9 Å². The molecule has 0 saturated carbocycles. The molecule has 0 bridgehead atoms. The summed E-state index contributed by atoms with van der Waals surface area (Å²) in [5.74, 6) is 0. The lowest BCUT2D eigenvalue weighted by atomic mass is 10.0. The van der Waals surface area contributed by atoms with Crippen LogP contribution in [0.15, 0.2) is 29.4 Å². The lowest BCUT2D eigenvalue weighted by Gasteiger charge is -2.02. The van der Waals surface area contributed by atoms with Gasteiger partial charge >= 0.3 is 0 Å². The van der Waals surface area contributed by atoms with E-state index >= 15 is 0 Å². The van der Waals surface area contributed by atoms with E-state index in [9.17, 15) is 0 Å². The topological polar surface area (TPSA) is 32.6 Å². The molecule has 0 aliphatic heterocycles. The molecule has 1 aromatic rings. The van der Waals surface area contributed by atoms with Gasteiger partial charge in [-0.3, -0.25) is 0 Å². The molecule has 0 spiro atoms. The minimum atomic E-state index is 0.665. The third kappa shape index (κ3) is 2.58. The van der Waals surface area contributed by atoms with E-state index in [4.69, 9.17) is 5.21 Å². The Morgan fingerprint density at radius 1 is 1.46 bits per heavy atom. The molecule has 0 atom stereocenters. The highest BCUT2D eigenvalue weighted by Crippen LogP contribution is 2.08. The van der Waals surface area contributed by atoms with Gasteiger partial charge in [0.2, 0.25) is 0 Å². The molecule has 0 aliphatic carbocycles. The Morgan fingerprint density at radius 3 is 2.85 bits per heavy atom. The van der Waals surface area contributed by atoms with Crippen LogP contribution in [0.5, 0.6) is 0 Å². The van der Waals surface area contributed by atoms with Gasteiger partial charge in [0.25, 0.3) is 0 Å². The smallest absolute Gasteiger partial charge is 0.0837 e. The average Bonchev–Trinajstić information content (AvgIpc) is 2.18.